The molecule has 2 aromatic carbocycles. The van der Waals surface area contributed by atoms with Crippen molar-refractivity contribution in [1.29, 1.82) is 0 Å². The van der Waals surface area contributed by atoms with Gasteiger partial charge in [0.2, 0.25) is 5.95 Å². The van der Waals surface area contributed by atoms with Gasteiger partial charge in [-0.3, -0.25) is 0 Å². The summed E-state index contributed by atoms with van der Waals surface area (Å²) in [6, 6.07) is 10.2. The van der Waals surface area contributed by atoms with E-state index in [0.29, 0.717) is 11.3 Å². The van der Waals surface area contributed by atoms with Crippen LogP contribution in [0.15, 0.2) is 48.7 Å². The Morgan fingerprint density at radius 2 is 1.97 bits per heavy atom. The van der Waals surface area contributed by atoms with E-state index in [2.05, 4.69) is 15.3 Å². The van der Waals surface area contributed by atoms with Gasteiger partial charge in [0.25, 0.3) is 0 Å². The lowest BCUT2D eigenvalue weighted by Gasteiger charge is -2.11. The van der Waals surface area contributed by atoms with Crippen molar-refractivity contribution in [2.75, 3.05) is 24.8 Å². The van der Waals surface area contributed by atoms with Crippen LogP contribution in [-0.2, 0) is 15.6 Å². The minimum atomic E-state index is -3.44. The number of hydrogen-bond donors (Lipinski definition) is 2. The van der Waals surface area contributed by atoms with Gasteiger partial charge >= 0.3 is 0 Å². The van der Waals surface area contributed by atoms with Crippen molar-refractivity contribution in [3.05, 3.63) is 65.9 Å². The quantitative estimate of drug-likeness (QED) is 0.561. The first-order valence-electron chi connectivity index (χ1n) is 8.85. The number of nitrogens with one attached hydrogen (secondary N) is 1. The third-order valence-corrected chi connectivity index (χ3v) is 5.71. The molecular weight excluding hydrogens is 416 g/mol. The van der Waals surface area contributed by atoms with Crippen LogP contribution < -0.4 is 10.1 Å². The minimum absolute atomic E-state index is 0.0631. The van der Waals surface area contributed by atoms with E-state index in [0.717, 1.165) is 12.3 Å². The van der Waals surface area contributed by atoms with E-state index < -0.39 is 28.1 Å². The molecule has 0 saturated heterocycles. The summed E-state index contributed by atoms with van der Waals surface area (Å²) in [5.74, 6) is -1.62. The SMILES string of the molecule is COc1cc(F)ccc1-c1nc(Nc2cccc(CS(=O)(=O)CCO)c2)ncc1F. The topological polar surface area (TPSA) is 101 Å². The van der Waals surface area contributed by atoms with Crippen LogP contribution in [0.5, 0.6) is 5.75 Å². The van der Waals surface area contributed by atoms with Crippen molar-refractivity contribution in [2.45, 2.75) is 5.75 Å². The zero-order chi connectivity index (χ0) is 21.7. The maximum atomic E-state index is 14.3. The van der Waals surface area contributed by atoms with E-state index in [4.69, 9.17) is 9.84 Å². The van der Waals surface area contributed by atoms with E-state index >= 15 is 0 Å². The van der Waals surface area contributed by atoms with Gasteiger partial charge in [0, 0.05) is 17.3 Å². The van der Waals surface area contributed by atoms with E-state index in [9.17, 15) is 17.2 Å². The molecule has 0 aliphatic heterocycles. The van der Waals surface area contributed by atoms with E-state index in [1.807, 2.05) is 0 Å². The van der Waals surface area contributed by atoms with Gasteiger partial charge in [-0.15, -0.1) is 0 Å². The molecule has 0 aliphatic rings. The van der Waals surface area contributed by atoms with Crippen LogP contribution in [0, 0.1) is 11.6 Å². The number of nitrogens with zero attached hydrogens (tertiary/aromatic N) is 2. The molecule has 10 heteroatoms. The average Bonchev–Trinajstić information content (AvgIpc) is 2.69. The molecule has 158 valence electrons. The molecule has 3 rings (SSSR count). The number of ether oxygens (including phenoxy) is 1. The molecule has 0 amide bonds. The fourth-order valence-corrected chi connectivity index (χ4v) is 3.92. The van der Waals surface area contributed by atoms with Gasteiger partial charge in [-0.1, -0.05) is 12.1 Å². The molecule has 0 atom stereocenters. The number of anilines is 2. The van der Waals surface area contributed by atoms with E-state index in [1.165, 1.54) is 19.2 Å². The minimum Gasteiger partial charge on any atom is -0.496 e. The van der Waals surface area contributed by atoms with Crippen molar-refractivity contribution in [1.82, 2.24) is 9.97 Å². The summed E-state index contributed by atoms with van der Waals surface area (Å²) in [4.78, 5) is 8.06. The first-order chi connectivity index (χ1) is 14.3. The normalized spacial score (nSPS) is 11.3. The number of aliphatic hydroxyl groups excluding tert-OH is 1. The maximum absolute atomic E-state index is 14.3. The van der Waals surface area contributed by atoms with Crippen molar-refractivity contribution < 1.29 is 27.0 Å². The predicted molar refractivity (Wildman–Crippen MR) is 108 cm³/mol. The predicted octanol–water partition coefficient (Wildman–Crippen LogP) is 3.08. The van der Waals surface area contributed by atoms with Gasteiger partial charge in [0.1, 0.15) is 17.3 Å². The Morgan fingerprint density at radius 1 is 1.17 bits per heavy atom. The zero-order valence-electron chi connectivity index (χ0n) is 16.0. The van der Waals surface area contributed by atoms with Gasteiger partial charge in [0.05, 0.1) is 31.4 Å². The fourth-order valence-electron chi connectivity index (χ4n) is 2.81. The van der Waals surface area contributed by atoms with Gasteiger partial charge in [-0.2, -0.15) is 0 Å². The summed E-state index contributed by atoms with van der Waals surface area (Å²) in [6.07, 6.45) is 0.975. The lowest BCUT2D eigenvalue weighted by atomic mass is 10.1. The monoisotopic (exact) mass is 435 g/mol. The summed E-state index contributed by atoms with van der Waals surface area (Å²) in [5, 5.41) is 11.8. The van der Waals surface area contributed by atoms with Crippen LogP contribution in [0.3, 0.4) is 0 Å². The Bertz CT molecular complexity index is 1160. The molecule has 0 saturated carbocycles. The third-order valence-electron chi connectivity index (χ3n) is 4.13. The number of hydrogen-bond acceptors (Lipinski definition) is 7. The molecule has 30 heavy (non-hydrogen) atoms. The van der Waals surface area contributed by atoms with Crippen molar-refractivity contribution in [2.24, 2.45) is 0 Å². The molecule has 7 nitrogen and oxygen atoms in total. The van der Waals surface area contributed by atoms with Gasteiger partial charge in [0.15, 0.2) is 15.7 Å². The molecule has 0 radical (unpaired) electrons. The molecule has 0 aliphatic carbocycles. The van der Waals surface area contributed by atoms with Crippen molar-refractivity contribution >= 4 is 21.5 Å². The van der Waals surface area contributed by atoms with E-state index in [-0.39, 0.29) is 34.5 Å². The number of aliphatic hydroxyl groups is 1. The average molecular weight is 435 g/mol. The van der Waals surface area contributed by atoms with Crippen LogP contribution in [0.2, 0.25) is 0 Å². The van der Waals surface area contributed by atoms with Crippen LogP contribution in [0.4, 0.5) is 20.4 Å². The Kier molecular flexibility index (Phi) is 6.58. The van der Waals surface area contributed by atoms with Gasteiger partial charge < -0.3 is 15.2 Å². The summed E-state index contributed by atoms with van der Waals surface area (Å²) in [5.41, 5.74) is 1.18. The highest BCUT2D eigenvalue weighted by molar-refractivity contribution is 7.90. The summed E-state index contributed by atoms with van der Waals surface area (Å²) in [6.45, 7) is -0.445. The first kappa shape index (κ1) is 21.6. The second kappa shape index (κ2) is 9.14. The highest BCUT2D eigenvalue weighted by Crippen LogP contribution is 2.31. The van der Waals surface area contributed by atoms with Crippen LogP contribution in [-0.4, -0.2) is 43.0 Å². The Hall–Kier alpha value is -3.11. The van der Waals surface area contributed by atoms with E-state index in [1.54, 1.807) is 24.3 Å². The lowest BCUT2D eigenvalue weighted by molar-refractivity contribution is 0.319. The van der Waals surface area contributed by atoms with Crippen molar-refractivity contribution in [3.63, 3.8) is 0 Å². The molecule has 0 unspecified atom stereocenters. The summed E-state index contributed by atoms with van der Waals surface area (Å²) in [7, 11) is -2.10. The molecule has 1 aromatic heterocycles. The zero-order valence-corrected chi connectivity index (χ0v) is 16.8. The standard InChI is InChI=1S/C20H19F2N3O4S/c1-29-18-10-14(21)5-6-16(18)19-17(22)11-23-20(25-19)24-15-4-2-3-13(9-15)12-30(27,28)8-7-26/h2-6,9-11,26H,7-8,12H2,1H3,(H,23,24,25). The lowest BCUT2D eigenvalue weighted by Crippen LogP contribution is -2.12. The largest absolute Gasteiger partial charge is 0.496 e. The van der Waals surface area contributed by atoms with Crippen LogP contribution >= 0.6 is 0 Å². The summed E-state index contributed by atoms with van der Waals surface area (Å²) >= 11 is 0. The van der Waals surface area contributed by atoms with Crippen molar-refractivity contribution in [3.8, 4) is 17.0 Å². The van der Waals surface area contributed by atoms with Crippen LogP contribution in [0.25, 0.3) is 11.3 Å². The molecule has 2 N–H and O–H groups in total. The van der Waals surface area contributed by atoms with Gasteiger partial charge in [-0.05, 0) is 29.8 Å². The maximum Gasteiger partial charge on any atom is 0.227 e. The van der Waals surface area contributed by atoms with Crippen LogP contribution in [0.1, 0.15) is 5.56 Å². The molecule has 0 spiro atoms. The molecule has 0 bridgehead atoms. The first-order valence-corrected chi connectivity index (χ1v) is 10.7. The third kappa shape index (κ3) is 5.28. The van der Waals surface area contributed by atoms with Gasteiger partial charge in [-0.25, -0.2) is 27.2 Å². The summed E-state index contributed by atoms with van der Waals surface area (Å²) < 4.78 is 56.7. The number of benzene rings is 2. The molecular formula is C20H19F2N3O4S. The molecule has 0 fully saturated rings. The number of sulfone groups is 1. The number of methoxy groups -OCH3 is 1. The number of halogens is 2. The Labute approximate surface area is 172 Å². The second-order valence-electron chi connectivity index (χ2n) is 6.38. The molecule has 3 aromatic rings. The highest BCUT2D eigenvalue weighted by Gasteiger charge is 2.16. The highest BCUT2D eigenvalue weighted by atomic mass is 32.2. The molecule has 1 heterocycles. The number of aromatic nitrogens is 2. The second-order valence-corrected chi connectivity index (χ2v) is 8.56. The smallest absolute Gasteiger partial charge is 0.227 e. The number of rotatable bonds is 8. The Morgan fingerprint density at radius 3 is 2.70 bits per heavy atom. The fraction of sp³-hybridized carbons (Fsp3) is 0.200. The Balaban J connectivity index is 1.89.